The summed E-state index contributed by atoms with van der Waals surface area (Å²) in [6.45, 7) is 11.0. The summed E-state index contributed by atoms with van der Waals surface area (Å²) >= 11 is 0. The Morgan fingerprint density at radius 1 is 1.30 bits per heavy atom. The molecule has 1 aliphatic heterocycles. The van der Waals surface area contributed by atoms with Gasteiger partial charge < -0.3 is 14.6 Å². The zero-order valence-corrected chi connectivity index (χ0v) is 19.9. The number of aromatic nitrogens is 3. The maximum Gasteiger partial charge on any atom is 0.327 e. The minimum absolute atomic E-state index is 0.247. The van der Waals surface area contributed by atoms with Gasteiger partial charge in [0, 0.05) is 55.5 Å². The molecule has 1 N–H and O–H groups in total. The molecule has 0 radical (unpaired) electrons. The number of carbonyl (C=O) groups is 1. The zero-order valence-electron chi connectivity index (χ0n) is 19.9. The largest absolute Gasteiger partial charge is 0.371 e. The third kappa shape index (κ3) is 4.79. The smallest absolute Gasteiger partial charge is 0.327 e. The molecule has 1 unspecified atom stereocenters. The van der Waals surface area contributed by atoms with Gasteiger partial charge in [0.25, 0.3) is 0 Å². The van der Waals surface area contributed by atoms with Crippen LogP contribution in [0.5, 0.6) is 0 Å². The molecule has 0 spiro atoms. The second kappa shape index (κ2) is 9.77. The SMILES string of the molecule is CCCN(CCC(C)CC)c1ccnc2c1CCN2C(=O)Nc1cc(F)c2nc(C)cn2c1. The number of nitrogens with one attached hydrogen (secondary N) is 1. The fraction of sp³-hybridized carbons (Fsp3) is 0.480. The molecule has 0 aromatic carbocycles. The molecule has 0 saturated heterocycles. The Morgan fingerprint density at radius 2 is 2.12 bits per heavy atom. The first-order valence-corrected chi connectivity index (χ1v) is 11.9. The van der Waals surface area contributed by atoms with Crippen molar-refractivity contribution in [3.8, 4) is 0 Å². The van der Waals surface area contributed by atoms with Gasteiger partial charge in [-0.2, -0.15) is 0 Å². The van der Waals surface area contributed by atoms with Gasteiger partial charge in [-0.1, -0.05) is 27.2 Å². The lowest BCUT2D eigenvalue weighted by molar-refractivity contribution is 0.257. The Kier molecular flexibility index (Phi) is 6.81. The molecule has 3 aromatic rings. The van der Waals surface area contributed by atoms with Crippen molar-refractivity contribution < 1.29 is 9.18 Å². The molecule has 7 nitrogen and oxygen atoms in total. The maximum absolute atomic E-state index is 14.4. The number of hydrogen-bond acceptors (Lipinski definition) is 4. The van der Waals surface area contributed by atoms with Crippen molar-refractivity contribution in [2.45, 2.75) is 53.4 Å². The van der Waals surface area contributed by atoms with Crippen LogP contribution in [0.15, 0.2) is 30.7 Å². The van der Waals surface area contributed by atoms with E-state index >= 15 is 0 Å². The van der Waals surface area contributed by atoms with E-state index in [-0.39, 0.29) is 11.7 Å². The van der Waals surface area contributed by atoms with Crippen molar-refractivity contribution in [1.29, 1.82) is 0 Å². The summed E-state index contributed by atoms with van der Waals surface area (Å²) in [5, 5.41) is 2.83. The van der Waals surface area contributed by atoms with E-state index in [4.69, 9.17) is 0 Å². The van der Waals surface area contributed by atoms with E-state index in [1.807, 2.05) is 0 Å². The number of hydrogen-bond donors (Lipinski definition) is 1. The molecule has 2 amide bonds. The third-order valence-corrected chi connectivity index (χ3v) is 6.40. The number of carbonyl (C=O) groups excluding carboxylic acids is 1. The Bertz CT molecular complexity index is 1140. The normalized spacial score (nSPS) is 13.9. The van der Waals surface area contributed by atoms with Gasteiger partial charge in [0.05, 0.1) is 11.4 Å². The van der Waals surface area contributed by atoms with Crippen LogP contribution in [0.1, 0.15) is 51.3 Å². The highest BCUT2D eigenvalue weighted by molar-refractivity contribution is 6.03. The minimum Gasteiger partial charge on any atom is -0.371 e. The number of rotatable bonds is 8. The van der Waals surface area contributed by atoms with Crippen LogP contribution in [0.2, 0.25) is 0 Å². The average molecular weight is 453 g/mol. The van der Waals surface area contributed by atoms with Crippen LogP contribution >= 0.6 is 0 Å². The van der Waals surface area contributed by atoms with Crippen LogP contribution < -0.4 is 15.1 Å². The predicted molar refractivity (Wildman–Crippen MR) is 131 cm³/mol. The number of amides is 2. The van der Waals surface area contributed by atoms with Crippen molar-refractivity contribution in [1.82, 2.24) is 14.4 Å². The highest BCUT2D eigenvalue weighted by Crippen LogP contribution is 2.34. The third-order valence-electron chi connectivity index (χ3n) is 6.40. The maximum atomic E-state index is 14.4. The zero-order chi connectivity index (χ0) is 23.5. The summed E-state index contributed by atoms with van der Waals surface area (Å²) in [7, 11) is 0. The Labute approximate surface area is 194 Å². The van der Waals surface area contributed by atoms with E-state index in [2.05, 4.69) is 47.0 Å². The lowest BCUT2D eigenvalue weighted by Crippen LogP contribution is -2.34. The van der Waals surface area contributed by atoms with Gasteiger partial charge >= 0.3 is 6.03 Å². The number of nitrogens with zero attached hydrogens (tertiary/aromatic N) is 5. The van der Waals surface area contributed by atoms with Gasteiger partial charge in [-0.05, 0) is 38.2 Å². The van der Waals surface area contributed by atoms with Gasteiger partial charge in [-0.15, -0.1) is 0 Å². The van der Waals surface area contributed by atoms with Crippen molar-refractivity contribution in [3.05, 3.63) is 47.8 Å². The number of imidazole rings is 1. The molecule has 8 heteroatoms. The molecular formula is C25H33FN6O. The lowest BCUT2D eigenvalue weighted by Gasteiger charge is -2.28. The van der Waals surface area contributed by atoms with Gasteiger partial charge in [0.15, 0.2) is 11.5 Å². The first kappa shape index (κ1) is 23.0. The van der Waals surface area contributed by atoms with E-state index in [1.54, 1.807) is 34.8 Å². The molecule has 4 heterocycles. The van der Waals surface area contributed by atoms with Gasteiger partial charge in [-0.25, -0.2) is 19.2 Å². The minimum atomic E-state index is -0.473. The second-order valence-electron chi connectivity index (χ2n) is 8.94. The Morgan fingerprint density at radius 3 is 2.88 bits per heavy atom. The number of aryl methyl sites for hydroxylation is 1. The molecule has 3 aromatic heterocycles. The van der Waals surface area contributed by atoms with Crippen molar-refractivity contribution in [2.75, 3.05) is 34.8 Å². The van der Waals surface area contributed by atoms with Crippen LogP contribution in [-0.2, 0) is 6.42 Å². The van der Waals surface area contributed by atoms with Crippen LogP contribution in [-0.4, -0.2) is 40.0 Å². The van der Waals surface area contributed by atoms with E-state index in [0.29, 0.717) is 29.7 Å². The summed E-state index contributed by atoms with van der Waals surface area (Å²) in [5.74, 6) is 0.896. The van der Waals surface area contributed by atoms with E-state index in [0.717, 1.165) is 37.9 Å². The van der Waals surface area contributed by atoms with E-state index in [1.165, 1.54) is 18.2 Å². The molecular weight excluding hydrogens is 419 g/mol. The Hall–Kier alpha value is -3.16. The van der Waals surface area contributed by atoms with E-state index in [9.17, 15) is 9.18 Å². The second-order valence-corrected chi connectivity index (χ2v) is 8.94. The van der Waals surface area contributed by atoms with Gasteiger partial charge in [0.1, 0.15) is 5.82 Å². The first-order valence-electron chi connectivity index (χ1n) is 11.9. The number of fused-ring (bicyclic) bond motifs is 2. The predicted octanol–water partition coefficient (Wildman–Crippen LogP) is 5.42. The number of anilines is 3. The van der Waals surface area contributed by atoms with Gasteiger partial charge in [-0.3, -0.25) is 4.90 Å². The standard InChI is InChI=1S/C25H33FN6O/c1-5-11-30(12-8-17(3)6-2)22-7-10-27-23-20(22)9-13-32(23)25(33)29-19-14-21(26)24-28-18(4)15-31(24)16-19/h7,10,14-17H,5-6,8-9,11-13H2,1-4H3,(H,29,33). The number of urea groups is 1. The topological polar surface area (TPSA) is 65.8 Å². The van der Waals surface area contributed by atoms with Crippen LogP contribution in [0.3, 0.4) is 0 Å². The summed E-state index contributed by atoms with van der Waals surface area (Å²) in [6.07, 6.45) is 9.32. The molecule has 1 aliphatic rings. The van der Waals surface area contributed by atoms with E-state index < -0.39 is 5.82 Å². The molecule has 33 heavy (non-hydrogen) atoms. The van der Waals surface area contributed by atoms with Crippen LogP contribution in [0.4, 0.5) is 26.4 Å². The molecule has 0 saturated carbocycles. The van der Waals surface area contributed by atoms with Gasteiger partial charge in [0.2, 0.25) is 0 Å². The lowest BCUT2D eigenvalue weighted by atomic mass is 10.0. The fourth-order valence-electron chi connectivity index (χ4n) is 4.41. The average Bonchev–Trinajstić information content (AvgIpc) is 3.39. The van der Waals surface area contributed by atoms with Crippen molar-refractivity contribution in [2.24, 2.45) is 5.92 Å². The highest BCUT2D eigenvalue weighted by atomic mass is 19.1. The quantitative estimate of drug-likeness (QED) is 0.495. The molecule has 4 rings (SSSR count). The van der Waals surface area contributed by atoms with Crippen molar-refractivity contribution >= 4 is 28.9 Å². The first-order chi connectivity index (χ1) is 15.9. The fourth-order valence-corrected chi connectivity index (χ4v) is 4.41. The Balaban J connectivity index is 1.55. The molecule has 0 aliphatic carbocycles. The van der Waals surface area contributed by atoms with Crippen LogP contribution in [0.25, 0.3) is 5.65 Å². The number of pyridine rings is 2. The molecule has 0 fully saturated rings. The summed E-state index contributed by atoms with van der Waals surface area (Å²) in [4.78, 5) is 25.9. The number of halogens is 1. The summed E-state index contributed by atoms with van der Waals surface area (Å²) in [6, 6.07) is 3.06. The summed E-state index contributed by atoms with van der Waals surface area (Å²) in [5.41, 5.74) is 3.62. The molecule has 176 valence electrons. The molecule has 1 atom stereocenters. The summed E-state index contributed by atoms with van der Waals surface area (Å²) < 4.78 is 16.0. The monoisotopic (exact) mass is 452 g/mol. The highest BCUT2D eigenvalue weighted by Gasteiger charge is 2.29. The van der Waals surface area contributed by atoms with Crippen molar-refractivity contribution in [3.63, 3.8) is 0 Å². The van der Waals surface area contributed by atoms with Crippen LogP contribution in [0, 0.1) is 18.7 Å². The molecule has 0 bridgehead atoms.